The van der Waals surface area contributed by atoms with E-state index in [4.69, 9.17) is 0 Å². The Kier molecular flexibility index (Phi) is 6.36. The standard InChI is InChI=1S/C21H27N3O3S/c1-16-6-7-19(14-17(16)2)22-15-21(25)23-18-8-10-20(11-9-18)28(26,27)24-12-4-3-5-13-24/h6-11,14,22H,3-5,12-13,15H2,1-2H3,(H,23,25). The third kappa shape index (κ3) is 4.91. The molecule has 0 radical (unpaired) electrons. The molecule has 3 rings (SSSR count). The van der Waals surface area contributed by atoms with Gasteiger partial charge in [0.05, 0.1) is 11.4 Å². The zero-order valence-electron chi connectivity index (χ0n) is 16.4. The van der Waals surface area contributed by atoms with Crippen LogP contribution in [0, 0.1) is 13.8 Å². The number of sulfonamides is 1. The first-order valence-corrected chi connectivity index (χ1v) is 11.0. The van der Waals surface area contributed by atoms with Gasteiger partial charge in [0.2, 0.25) is 15.9 Å². The van der Waals surface area contributed by atoms with Crippen molar-refractivity contribution in [2.75, 3.05) is 30.3 Å². The molecule has 0 spiro atoms. The summed E-state index contributed by atoms with van der Waals surface area (Å²) < 4.78 is 26.9. The van der Waals surface area contributed by atoms with E-state index >= 15 is 0 Å². The van der Waals surface area contributed by atoms with Crippen LogP contribution in [0.5, 0.6) is 0 Å². The predicted molar refractivity (Wildman–Crippen MR) is 112 cm³/mol. The third-order valence-electron chi connectivity index (χ3n) is 5.05. The van der Waals surface area contributed by atoms with Crippen LogP contribution in [0.15, 0.2) is 47.4 Å². The van der Waals surface area contributed by atoms with E-state index in [1.807, 2.05) is 32.0 Å². The highest BCUT2D eigenvalue weighted by molar-refractivity contribution is 7.89. The van der Waals surface area contributed by atoms with Crippen LogP contribution < -0.4 is 10.6 Å². The highest BCUT2D eigenvalue weighted by Crippen LogP contribution is 2.22. The van der Waals surface area contributed by atoms with Gasteiger partial charge in [0, 0.05) is 24.5 Å². The van der Waals surface area contributed by atoms with Gasteiger partial charge < -0.3 is 10.6 Å². The lowest BCUT2D eigenvalue weighted by Gasteiger charge is -2.25. The van der Waals surface area contributed by atoms with Crippen LogP contribution in [0.3, 0.4) is 0 Å². The Labute approximate surface area is 167 Å². The molecule has 1 fully saturated rings. The minimum atomic E-state index is -3.45. The number of hydrogen-bond donors (Lipinski definition) is 2. The summed E-state index contributed by atoms with van der Waals surface area (Å²) in [5.41, 5.74) is 3.83. The molecule has 7 heteroatoms. The van der Waals surface area contributed by atoms with Crippen molar-refractivity contribution in [1.82, 2.24) is 4.31 Å². The summed E-state index contributed by atoms with van der Waals surface area (Å²) >= 11 is 0. The van der Waals surface area contributed by atoms with Crippen molar-refractivity contribution in [2.24, 2.45) is 0 Å². The zero-order valence-corrected chi connectivity index (χ0v) is 17.2. The van der Waals surface area contributed by atoms with E-state index in [-0.39, 0.29) is 17.3 Å². The van der Waals surface area contributed by atoms with Crippen LogP contribution in [-0.4, -0.2) is 38.3 Å². The molecule has 0 saturated carbocycles. The minimum absolute atomic E-state index is 0.135. The zero-order chi connectivity index (χ0) is 20.1. The second-order valence-corrected chi connectivity index (χ2v) is 9.13. The molecule has 0 bridgehead atoms. The largest absolute Gasteiger partial charge is 0.376 e. The predicted octanol–water partition coefficient (Wildman–Crippen LogP) is 3.53. The van der Waals surface area contributed by atoms with Crippen molar-refractivity contribution >= 4 is 27.3 Å². The van der Waals surface area contributed by atoms with E-state index in [0.29, 0.717) is 18.8 Å². The Morgan fingerprint density at radius 3 is 2.21 bits per heavy atom. The molecule has 150 valence electrons. The fourth-order valence-corrected chi connectivity index (χ4v) is 4.72. The topological polar surface area (TPSA) is 78.5 Å². The van der Waals surface area contributed by atoms with Crippen LogP contribution in [0.2, 0.25) is 0 Å². The average Bonchev–Trinajstić information content (AvgIpc) is 2.70. The molecule has 1 saturated heterocycles. The van der Waals surface area contributed by atoms with Crippen LogP contribution in [0.25, 0.3) is 0 Å². The molecule has 2 aromatic carbocycles. The molecule has 0 aromatic heterocycles. The second-order valence-electron chi connectivity index (χ2n) is 7.19. The number of anilines is 2. The molecule has 0 aliphatic carbocycles. The summed E-state index contributed by atoms with van der Waals surface area (Å²) in [6, 6.07) is 12.3. The van der Waals surface area contributed by atoms with Crippen molar-refractivity contribution in [3.63, 3.8) is 0 Å². The van der Waals surface area contributed by atoms with E-state index in [9.17, 15) is 13.2 Å². The van der Waals surface area contributed by atoms with Crippen LogP contribution in [0.4, 0.5) is 11.4 Å². The number of piperidine rings is 1. The molecule has 1 heterocycles. The summed E-state index contributed by atoms with van der Waals surface area (Å²) in [7, 11) is -3.45. The van der Waals surface area contributed by atoms with E-state index in [2.05, 4.69) is 10.6 Å². The summed E-state index contributed by atoms with van der Waals surface area (Å²) in [6.07, 6.45) is 2.88. The number of amides is 1. The maximum atomic E-state index is 12.7. The highest BCUT2D eigenvalue weighted by atomic mass is 32.2. The molecule has 1 aliphatic rings. The van der Waals surface area contributed by atoms with Crippen LogP contribution in [-0.2, 0) is 14.8 Å². The monoisotopic (exact) mass is 401 g/mol. The average molecular weight is 402 g/mol. The number of hydrogen-bond acceptors (Lipinski definition) is 4. The lowest BCUT2D eigenvalue weighted by molar-refractivity contribution is -0.114. The fourth-order valence-electron chi connectivity index (χ4n) is 3.20. The molecule has 2 aromatic rings. The smallest absolute Gasteiger partial charge is 0.243 e. The maximum absolute atomic E-state index is 12.7. The summed E-state index contributed by atoms with van der Waals surface area (Å²) in [5, 5.41) is 5.88. The highest BCUT2D eigenvalue weighted by Gasteiger charge is 2.25. The van der Waals surface area contributed by atoms with Crippen molar-refractivity contribution in [1.29, 1.82) is 0 Å². The van der Waals surface area contributed by atoms with Gasteiger partial charge in [-0.15, -0.1) is 0 Å². The second kappa shape index (κ2) is 8.75. The van der Waals surface area contributed by atoms with Gasteiger partial charge in [0.1, 0.15) is 0 Å². The molecule has 2 N–H and O–H groups in total. The first kappa shape index (κ1) is 20.4. The molecular weight excluding hydrogens is 374 g/mol. The Morgan fingerprint density at radius 2 is 1.57 bits per heavy atom. The van der Waals surface area contributed by atoms with E-state index < -0.39 is 10.0 Å². The SMILES string of the molecule is Cc1ccc(NCC(=O)Nc2ccc(S(=O)(=O)N3CCCCC3)cc2)cc1C. The number of aryl methyl sites for hydroxylation is 2. The van der Waals surface area contributed by atoms with E-state index in [1.54, 1.807) is 24.3 Å². The fraction of sp³-hybridized carbons (Fsp3) is 0.381. The Balaban J connectivity index is 1.57. The Hall–Kier alpha value is -2.38. The van der Waals surface area contributed by atoms with Gasteiger partial charge in [0.25, 0.3) is 0 Å². The van der Waals surface area contributed by atoms with Crippen molar-refractivity contribution in [3.8, 4) is 0 Å². The number of carbonyl (C=O) groups is 1. The number of benzene rings is 2. The first-order valence-electron chi connectivity index (χ1n) is 9.57. The minimum Gasteiger partial charge on any atom is -0.376 e. The van der Waals surface area contributed by atoms with Gasteiger partial charge >= 0.3 is 0 Å². The molecule has 1 amide bonds. The Morgan fingerprint density at radius 1 is 0.929 bits per heavy atom. The van der Waals surface area contributed by atoms with E-state index in [1.165, 1.54) is 9.87 Å². The Bertz CT molecular complexity index is 934. The van der Waals surface area contributed by atoms with Gasteiger partial charge in [-0.2, -0.15) is 4.31 Å². The lowest BCUT2D eigenvalue weighted by Crippen LogP contribution is -2.35. The summed E-state index contributed by atoms with van der Waals surface area (Å²) in [5.74, 6) is -0.190. The lowest BCUT2D eigenvalue weighted by atomic mass is 10.1. The van der Waals surface area contributed by atoms with Crippen molar-refractivity contribution in [3.05, 3.63) is 53.6 Å². The normalized spacial score (nSPS) is 15.2. The third-order valence-corrected chi connectivity index (χ3v) is 6.96. The quantitative estimate of drug-likeness (QED) is 0.776. The number of rotatable bonds is 6. The van der Waals surface area contributed by atoms with Crippen LogP contribution in [0.1, 0.15) is 30.4 Å². The first-order chi connectivity index (χ1) is 13.4. The number of nitrogens with one attached hydrogen (secondary N) is 2. The van der Waals surface area contributed by atoms with Crippen LogP contribution >= 0.6 is 0 Å². The molecular formula is C21H27N3O3S. The van der Waals surface area contributed by atoms with Crippen molar-refractivity contribution < 1.29 is 13.2 Å². The molecule has 0 unspecified atom stereocenters. The summed E-state index contributed by atoms with van der Waals surface area (Å²) in [4.78, 5) is 12.4. The van der Waals surface area contributed by atoms with Gasteiger partial charge in [0.15, 0.2) is 0 Å². The molecule has 0 atom stereocenters. The molecule has 1 aliphatic heterocycles. The maximum Gasteiger partial charge on any atom is 0.243 e. The number of nitrogens with zero attached hydrogens (tertiary/aromatic N) is 1. The molecule has 28 heavy (non-hydrogen) atoms. The number of carbonyl (C=O) groups excluding carboxylic acids is 1. The summed E-state index contributed by atoms with van der Waals surface area (Å²) in [6.45, 7) is 5.35. The van der Waals surface area contributed by atoms with Gasteiger partial charge in [-0.1, -0.05) is 12.5 Å². The van der Waals surface area contributed by atoms with Crippen molar-refractivity contribution in [2.45, 2.75) is 38.0 Å². The van der Waals surface area contributed by atoms with Gasteiger partial charge in [-0.3, -0.25) is 4.79 Å². The van der Waals surface area contributed by atoms with E-state index in [0.717, 1.165) is 30.5 Å². The van der Waals surface area contributed by atoms with Gasteiger partial charge in [-0.05, 0) is 74.2 Å². The van der Waals surface area contributed by atoms with Gasteiger partial charge in [-0.25, -0.2) is 8.42 Å². The molecule has 6 nitrogen and oxygen atoms in total.